The van der Waals surface area contributed by atoms with E-state index < -0.39 is 11.9 Å². The number of benzene rings is 1. The van der Waals surface area contributed by atoms with E-state index in [1.54, 1.807) is 31.2 Å². The standard InChI is InChI=1S/C21H20N6O5/c1-11(24-21(30)18-14-6-7-17(28)26-19(14)23-10-22-18)15-9-16(27-32-15)25-20(29)12-4-3-5-13(8-12)31-2/h3-5,8-11H,6-7H2,1-2H3,(H,24,30)(H,25,27,29)(H,22,23,26,28)/t11-/m1/s1. The minimum Gasteiger partial charge on any atom is -0.497 e. The van der Waals surface area contributed by atoms with E-state index in [9.17, 15) is 14.4 Å². The fraction of sp³-hybridized carbons (Fsp3) is 0.238. The lowest BCUT2D eigenvalue weighted by atomic mass is 10.0. The van der Waals surface area contributed by atoms with Gasteiger partial charge in [0.2, 0.25) is 5.91 Å². The number of nitrogens with zero attached hydrogens (tertiary/aromatic N) is 3. The second-order valence-corrected chi connectivity index (χ2v) is 7.09. The number of aromatic nitrogens is 3. The van der Waals surface area contributed by atoms with Crippen LogP contribution in [-0.4, -0.2) is 40.0 Å². The lowest BCUT2D eigenvalue weighted by Gasteiger charge is -2.18. The molecule has 1 atom stereocenters. The molecule has 0 saturated heterocycles. The smallest absolute Gasteiger partial charge is 0.270 e. The van der Waals surface area contributed by atoms with Crippen molar-refractivity contribution < 1.29 is 23.6 Å². The van der Waals surface area contributed by atoms with Crippen molar-refractivity contribution in [2.24, 2.45) is 0 Å². The van der Waals surface area contributed by atoms with Crippen LogP contribution in [-0.2, 0) is 11.2 Å². The summed E-state index contributed by atoms with van der Waals surface area (Å²) in [6, 6.07) is 7.66. The third-order valence-corrected chi connectivity index (χ3v) is 4.90. The van der Waals surface area contributed by atoms with E-state index in [4.69, 9.17) is 9.26 Å². The molecule has 3 heterocycles. The fourth-order valence-corrected chi connectivity index (χ4v) is 3.23. The molecule has 3 aromatic rings. The summed E-state index contributed by atoms with van der Waals surface area (Å²) in [6.07, 6.45) is 1.86. The minimum atomic E-state index is -0.554. The summed E-state index contributed by atoms with van der Waals surface area (Å²) in [6.45, 7) is 1.71. The second-order valence-electron chi connectivity index (χ2n) is 7.09. The Morgan fingerprint density at radius 3 is 2.84 bits per heavy atom. The minimum absolute atomic E-state index is 0.152. The first kappa shape index (κ1) is 21.0. The number of anilines is 2. The van der Waals surface area contributed by atoms with Gasteiger partial charge in [-0.3, -0.25) is 14.4 Å². The molecule has 0 aliphatic carbocycles. The third-order valence-electron chi connectivity index (χ3n) is 4.90. The van der Waals surface area contributed by atoms with Gasteiger partial charge in [-0.2, -0.15) is 0 Å². The molecule has 0 bridgehead atoms. The highest BCUT2D eigenvalue weighted by Crippen LogP contribution is 2.23. The van der Waals surface area contributed by atoms with E-state index in [2.05, 4.69) is 31.1 Å². The molecule has 0 spiro atoms. The molecule has 0 radical (unpaired) electrons. The molecule has 1 aliphatic rings. The van der Waals surface area contributed by atoms with Crippen molar-refractivity contribution in [3.05, 3.63) is 59.2 Å². The first-order valence-electron chi connectivity index (χ1n) is 9.81. The van der Waals surface area contributed by atoms with Crippen LogP contribution in [0.15, 0.2) is 41.2 Å². The zero-order chi connectivity index (χ0) is 22.7. The van der Waals surface area contributed by atoms with E-state index in [1.165, 1.54) is 19.5 Å². The summed E-state index contributed by atoms with van der Waals surface area (Å²) in [5, 5.41) is 11.9. The molecule has 0 saturated carbocycles. The Morgan fingerprint density at radius 1 is 1.19 bits per heavy atom. The fourth-order valence-electron chi connectivity index (χ4n) is 3.23. The average molecular weight is 436 g/mol. The van der Waals surface area contributed by atoms with Gasteiger partial charge in [-0.05, 0) is 31.5 Å². The number of rotatable bonds is 6. The van der Waals surface area contributed by atoms with Gasteiger partial charge >= 0.3 is 0 Å². The molecule has 11 nitrogen and oxygen atoms in total. The maximum atomic E-state index is 12.8. The van der Waals surface area contributed by atoms with Crippen LogP contribution < -0.4 is 20.7 Å². The topological polar surface area (TPSA) is 148 Å². The van der Waals surface area contributed by atoms with Gasteiger partial charge in [0.05, 0.1) is 13.2 Å². The number of amides is 3. The average Bonchev–Trinajstić information content (AvgIpc) is 3.27. The first-order valence-corrected chi connectivity index (χ1v) is 9.81. The summed E-state index contributed by atoms with van der Waals surface area (Å²) in [5.74, 6) is 0.478. The van der Waals surface area contributed by atoms with Gasteiger partial charge in [0.15, 0.2) is 11.6 Å². The number of carbonyl (C=O) groups excluding carboxylic acids is 3. The SMILES string of the molecule is COc1cccc(C(=O)Nc2cc([C@@H](C)NC(=O)c3ncnc4c3CCC(=O)N4)on2)c1. The summed E-state index contributed by atoms with van der Waals surface area (Å²) in [7, 11) is 1.52. The van der Waals surface area contributed by atoms with Gasteiger partial charge in [0.25, 0.3) is 11.8 Å². The number of fused-ring (bicyclic) bond motifs is 1. The van der Waals surface area contributed by atoms with Gasteiger partial charge in [0, 0.05) is 23.6 Å². The molecule has 0 unspecified atom stereocenters. The Morgan fingerprint density at radius 2 is 2.03 bits per heavy atom. The van der Waals surface area contributed by atoms with Crippen molar-refractivity contribution >= 4 is 29.4 Å². The van der Waals surface area contributed by atoms with Crippen LogP contribution >= 0.6 is 0 Å². The summed E-state index contributed by atoms with van der Waals surface area (Å²) < 4.78 is 10.4. The van der Waals surface area contributed by atoms with Crippen LogP contribution in [0.25, 0.3) is 0 Å². The highest BCUT2D eigenvalue weighted by molar-refractivity contribution is 6.04. The normalized spacial score (nSPS) is 13.5. The zero-order valence-electron chi connectivity index (χ0n) is 17.3. The van der Waals surface area contributed by atoms with Gasteiger partial charge in [0.1, 0.15) is 23.6 Å². The van der Waals surface area contributed by atoms with Crippen molar-refractivity contribution in [3.8, 4) is 5.75 Å². The summed E-state index contributed by atoms with van der Waals surface area (Å²) >= 11 is 0. The van der Waals surface area contributed by atoms with E-state index in [0.29, 0.717) is 34.9 Å². The molecule has 32 heavy (non-hydrogen) atoms. The lowest BCUT2D eigenvalue weighted by Crippen LogP contribution is -2.30. The number of hydrogen-bond acceptors (Lipinski definition) is 8. The van der Waals surface area contributed by atoms with E-state index in [0.717, 1.165) is 0 Å². The van der Waals surface area contributed by atoms with Crippen LogP contribution in [0.2, 0.25) is 0 Å². The Labute approximate surface area is 182 Å². The van der Waals surface area contributed by atoms with Crippen LogP contribution in [0.4, 0.5) is 11.6 Å². The molecule has 1 aliphatic heterocycles. The Hall–Kier alpha value is -4.28. The van der Waals surface area contributed by atoms with E-state index in [1.807, 2.05) is 0 Å². The summed E-state index contributed by atoms with van der Waals surface area (Å²) in [4.78, 5) is 44.8. The van der Waals surface area contributed by atoms with Gasteiger partial charge < -0.3 is 25.2 Å². The molecule has 11 heteroatoms. The molecule has 1 aromatic carbocycles. The number of methoxy groups -OCH3 is 1. The molecular weight excluding hydrogens is 416 g/mol. The van der Waals surface area contributed by atoms with Gasteiger partial charge in [-0.25, -0.2) is 9.97 Å². The quantitative estimate of drug-likeness (QED) is 0.532. The third kappa shape index (κ3) is 4.41. The maximum Gasteiger partial charge on any atom is 0.270 e. The van der Waals surface area contributed by atoms with Crippen LogP contribution in [0.1, 0.15) is 51.6 Å². The predicted molar refractivity (Wildman–Crippen MR) is 112 cm³/mol. The van der Waals surface area contributed by atoms with Crippen molar-refractivity contribution in [3.63, 3.8) is 0 Å². The van der Waals surface area contributed by atoms with Crippen LogP contribution in [0.5, 0.6) is 5.75 Å². The number of ether oxygens (including phenoxy) is 1. The van der Waals surface area contributed by atoms with Gasteiger partial charge in [-0.1, -0.05) is 11.2 Å². The number of hydrogen-bond donors (Lipinski definition) is 3. The van der Waals surface area contributed by atoms with Crippen molar-refractivity contribution in [1.29, 1.82) is 0 Å². The molecule has 3 amide bonds. The van der Waals surface area contributed by atoms with E-state index >= 15 is 0 Å². The highest BCUT2D eigenvalue weighted by atomic mass is 16.5. The molecule has 2 aromatic heterocycles. The molecule has 4 rings (SSSR count). The van der Waals surface area contributed by atoms with Crippen molar-refractivity contribution in [2.75, 3.05) is 17.7 Å². The monoisotopic (exact) mass is 436 g/mol. The largest absolute Gasteiger partial charge is 0.497 e. The second kappa shape index (κ2) is 8.84. The van der Waals surface area contributed by atoms with Crippen LogP contribution in [0.3, 0.4) is 0 Å². The molecule has 3 N–H and O–H groups in total. The lowest BCUT2D eigenvalue weighted by molar-refractivity contribution is -0.116. The molecule has 164 valence electrons. The number of nitrogens with one attached hydrogen (secondary N) is 3. The van der Waals surface area contributed by atoms with Crippen molar-refractivity contribution in [2.45, 2.75) is 25.8 Å². The Kier molecular flexibility index (Phi) is 5.79. The van der Waals surface area contributed by atoms with Crippen molar-refractivity contribution in [1.82, 2.24) is 20.4 Å². The number of carbonyl (C=O) groups is 3. The maximum absolute atomic E-state index is 12.8. The zero-order valence-corrected chi connectivity index (χ0v) is 17.3. The molecular formula is C21H20N6O5. The Bertz CT molecular complexity index is 1190. The Balaban J connectivity index is 1.42. The van der Waals surface area contributed by atoms with Crippen LogP contribution in [0, 0.1) is 0 Å². The summed E-state index contributed by atoms with van der Waals surface area (Å²) in [5.41, 5.74) is 1.17. The van der Waals surface area contributed by atoms with Gasteiger partial charge in [-0.15, -0.1) is 0 Å². The van der Waals surface area contributed by atoms with E-state index in [-0.39, 0.29) is 29.7 Å². The first-order chi connectivity index (χ1) is 15.4. The predicted octanol–water partition coefficient (Wildman–Crippen LogP) is 2.10. The highest BCUT2D eigenvalue weighted by Gasteiger charge is 2.25. The molecule has 0 fully saturated rings.